The molecule has 0 saturated carbocycles. The molecule has 1 N–H and O–H groups in total. The van der Waals surface area contributed by atoms with E-state index < -0.39 is 0 Å². The second-order valence-corrected chi connectivity index (χ2v) is 8.63. The fraction of sp³-hybridized carbons (Fsp3) is 0.207. The number of nitrogens with zero attached hydrogens (tertiary/aromatic N) is 1. The summed E-state index contributed by atoms with van der Waals surface area (Å²) < 4.78 is 19.4. The van der Waals surface area contributed by atoms with E-state index in [2.05, 4.69) is 18.3 Å². The van der Waals surface area contributed by atoms with E-state index in [1.807, 2.05) is 68.4 Å². The summed E-state index contributed by atoms with van der Waals surface area (Å²) in [5.74, 6) is 1.74. The number of furan rings is 1. The molecule has 2 heterocycles. The van der Waals surface area contributed by atoms with Crippen LogP contribution >= 0.6 is 0 Å². The topological polar surface area (TPSA) is 65.6 Å². The van der Waals surface area contributed by atoms with Gasteiger partial charge in [-0.15, -0.1) is 0 Å². The summed E-state index contributed by atoms with van der Waals surface area (Å²) >= 11 is 0. The molecule has 0 aliphatic heterocycles. The van der Waals surface area contributed by atoms with Crippen LogP contribution in [0.5, 0.6) is 11.5 Å². The number of hydrogen-bond donors (Lipinski definition) is 1. The Bertz CT molecular complexity index is 1630. The molecule has 2 aromatic heterocycles. The van der Waals surface area contributed by atoms with Crippen molar-refractivity contribution in [3.63, 3.8) is 0 Å². The van der Waals surface area contributed by atoms with E-state index in [4.69, 9.17) is 13.9 Å². The molecule has 0 fully saturated rings. The minimum Gasteiger partial charge on any atom is -0.493 e. The van der Waals surface area contributed by atoms with Crippen LogP contribution in [0.25, 0.3) is 33.0 Å². The number of methoxy groups -OCH3 is 1. The number of rotatable bonds is 6. The molecule has 6 nitrogen and oxygen atoms in total. The highest BCUT2D eigenvalue weighted by Crippen LogP contribution is 2.43. The van der Waals surface area contributed by atoms with Crippen molar-refractivity contribution in [3.8, 4) is 22.6 Å². The predicted octanol–water partition coefficient (Wildman–Crippen LogP) is 6.72. The van der Waals surface area contributed by atoms with Gasteiger partial charge >= 0.3 is 0 Å². The molecule has 6 heteroatoms. The van der Waals surface area contributed by atoms with Crippen LogP contribution in [0, 0.1) is 13.8 Å². The second kappa shape index (κ2) is 8.87. The quantitative estimate of drug-likeness (QED) is 0.300. The van der Waals surface area contributed by atoms with Crippen molar-refractivity contribution in [2.75, 3.05) is 19.0 Å². The normalized spacial score (nSPS) is 11.2. The van der Waals surface area contributed by atoms with Crippen molar-refractivity contribution in [3.05, 3.63) is 82.1 Å². The van der Waals surface area contributed by atoms with Crippen molar-refractivity contribution >= 4 is 33.4 Å². The van der Waals surface area contributed by atoms with Gasteiger partial charge in [0.15, 0.2) is 17.1 Å². The van der Waals surface area contributed by atoms with Gasteiger partial charge in [-0.3, -0.25) is 4.79 Å². The van der Waals surface area contributed by atoms with Crippen LogP contribution in [0.4, 0.5) is 11.6 Å². The highest BCUT2D eigenvalue weighted by atomic mass is 16.5. The minimum atomic E-state index is -0.126. The second-order valence-electron chi connectivity index (χ2n) is 8.63. The zero-order valence-electron chi connectivity index (χ0n) is 20.6. The minimum absolute atomic E-state index is 0.126. The summed E-state index contributed by atoms with van der Waals surface area (Å²) in [5, 5.41) is 4.85. The first-order valence-corrected chi connectivity index (χ1v) is 11.6. The molecule has 0 amide bonds. The molecule has 5 aromatic rings. The van der Waals surface area contributed by atoms with Gasteiger partial charge < -0.3 is 23.8 Å². The number of aryl methyl sites for hydroxylation is 3. The van der Waals surface area contributed by atoms with Gasteiger partial charge in [-0.2, -0.15) is 0 Å². The number of para-hydroxylation sites is 1. The summed E-state index contributed by atoms with van der Waals surface area (Å²) in [7, 11) is 3.40. The summed E-state index contributed by atoms with van der Waals surface area (Å²) in [6, 6.07) is 19.6. The summed E-state index contributed by atoms with van der Waals surface area (Å²) in [6.45, 7) is 6.56. The number of fused-ring (bicyclic) bond motifs is 3. The molecular weight excluding hydrogens is 440 g/mol. The Morgan fingerprint density at radius 3 is 2.54 bits per heavy atom. The first-order valence-electron chi connectivity index (χ1n) is 11.6. The van der Waals surface area contributed by atoms with Crippen LogP contribution in [0.15, 0.2) is 69.9 Å². The molecule has 0 radical (unpaired) electrons. The van der Waals surface area contributed by atoms with Crippen LogP contribution in [0.1, 0.15) is 18.1 Å². The van der Waals surface area contributed by atoms with Crippen LogP contribution in [-0.2, 0) is 7.05 Å². The number of nitrogens with one attached hydrogen (secondary N) is 1. The first-order chi connectivity index (χ1) is 16.9. The third-order valence-corrected chi connectivity index (χ3v) is 6.32. The number of pyridine rings is 1. The van der Waals surface area contributed by atoms with E-state index >= 15 is 0 Å². The van der Waals surface area contributed by atoms with Gasteiger partial charge in [-0.05, 0) is 62.2 Å². The Kier molecular flexibility index (Phi) is 5.73. The molecule has 0 bridgehead atoms. The molecule has 0 unspecified atom stereocenters. The van der Waals surface area contributed by atoms with E-state index in [0.717, 1.165) is 27.7 Å². The van der Waals surface area contributed by atoms with Gasteiger partial charge in [-0.25, -0.2) is 0 Å². The van der Waals surface area contributed by atoms with Gasteiger partial charge in [0.2, 0.25) is 5.88 Å². The monoisotopic (exact) mass is 468 g/mol. The van der Waals surface area contributed by atoms with Crippen LogP contribution in [0.2, 0.25) is 0 Å². The molecule has 0 aliphatic rings. The zero-order valence-corrected chi connectivity index (χ0v) is 20.6. The lowest BCUT2D eigenvalue weighted by molar-refractivity contribution is 0.311. The molecular formula is C29H28N2O4. The molecule has 0 atom stereocenters. The fourth-order valence-corrected chi connectivity index (χ4v) is 4.60. The van der Waals surface area contributed by atoms with Gasteiger partial charge in [0.05, 0.1) is 30.2 Å². The Labute approximate surface area is 203 Å². The molecule has 0 saturated heterocycles. The van der Waals surface area contributed by atoms with Crippen molar-refractivity contribution in [2.24, 2.45) is 7.05 Å². The highest BCUT2D eigenvalue weighted by molar-refractivity contribution is 6.11. The van der Waals surface area contributed by atoms with Crippen molar-refractivity contribution in [1.29, 1.82) is 0 Å². The maximum atomic E-state index is 13.7. The van der Waals surface area contributed by atoms with Gasteiger partial charge in [0, 0.05) is 18.1 Å². The summed E-state index contributed by atoms with van der Waals surface area (Å²) in [6.07, 6.45) is 0. The SMILES string of the molecule is CCOc1ccc(-c2c(Nc3ccc(C)cc3C)oc3c2c(=O)n(C)c2ccccc32)cc1OC. The third kappa shape index (κ3) is 3.81. The summed E-state index contributed by atoms with van der Waals surface area (Å²) in [5.41, 5.74) is 5.89. The molecule has 3 aromatic carbocycles. The standard InChI is InChI=1S/C29H28N2O4/c1-6-34-23-14-12-19(16-24(23)33-5)25-26-27(20-9-7-8-10-22(20)31(4)29(26)32)35-28(25)30-21-13-11-17(2)15-18(21)3/h7-16,30H,6H2,1-5H3. The Morgan fingerprint density at radius 2 is 1.80 bits per heavy atom. The lowest BCUT2D eigenvalue weighted by atomic mass is 10.0. The Hall–Kier alpha value is -4.19. The number of aromatic nitrogens is 1. The smallest absolute Gasteiger partial charge is 0.262 e. The first kappa shape index (κ1) is 22.6. The van der Waals surface area contributed by atoms with Crippen molar-refractivity contribution in [1.82, 2.24) is 4.57 Å². The Morgan fingerprint density at radius 1 is 1.00 bits per heavy atom. The van der Waals surface area contributed by atoms with Crippen LogP contribution < -0.4 is 20.3 Å². The molecule has 35 heavy (non-hydrogen) atoms. The van der Waals surface area contributed by atoms with Gasteiger partial charge in [0.1, 0.15) is 0 Å². The molecule has 0 spiro atoms. The van der Waals surface area contributed by atoms with E-state index in [0.29, 0.717) is 40.5 Å². The lowest BCUT2D eigenvalue weighted by Crippen LogP contribution is -2.17. The molecule has 178 valence electrons. The number of anilines is 2. The van der Waals surface area contributed by atoms with Gasteiger partial charge in [0.25, 0.3) is 5.56 Å². The van der Waals surface area contributed by atoms with Crippen molar-refractivity contribution < 1.29 is 13.9 Å². The predicted molar refractivity (Wildman–Crippen MR) is 141 cm³/mol. The maximum Gasteiger partial charge on any atom is 0.262 e. The molecule has 5 rings (SSSR count). The maximum absolute atomic E-state index is 13.7. The van der Waals surface area contributed by atoms with Crippen LogP contribution in [-0.4, -0.2) is 18.3 Å². The molecule has 0 aliphatic carbocycles. The number of hydrogen-bond acceptors (Lipinski definition) is 5. The van der Waals surface area contributed by atoms with Crippen molar-refractivity contribution in [2.45, 2.75) is 20.8 Å². The number of benzene rings is 3. The summed E-state index contributed by atoms with van der Waals surface area (Å²) in [4.78, 5) is 13.7. The lowest BCUT2D eigenvalue weighted by Gasteiger charge is -2.13. The largest absolute Gasteiger partial charge is 0.493 e. The van der Waals surface area contributed by atoms with E-state index in [9.17, 15) is 4.79 Å². The average Bonchev–Trinajstić information content (AvgIpc) is 3.24. The Balaban J connectivity index is 1.84. The highest BCUT2D eigenvalue weighted by Gasteiger charge is 2.24. The van der Waals surface area contributed by atoms with Crippen LogP contribution in [0.3, 0.4) is 0 Å². The average molecular weight is 469 g/mol. The van der Waals surface area contributed by atoms with E-state index in [-0.39, 0.29) is 5.56 Å². The number of ether oxygens (including phenoxy) is 2. The third-order valence-electron chi connectivity index (χ3n) is 6.32. The van der Waals surface area contributed by atoms with E-state index in [1.165, 1.54) is 5.56 Å². The van der Waals surface area contributed by atoms with E-state index in [1.54, 1.807) is 18.7 Å². The fourth-order valence-electron chi connectivity index (χ4n) is 4.60. The zero-order chi connectivity index (χ0) is 24.7. The van der Waals surface area contributed by atoms with Gasteiger partial charge in [-0.1, -0.05) is 35.9 Å².